The number of H-pyrrole nitrogens is 1. The SMILES string of the molecule is Cc1ccccc1N.c1cc[nH]c1. The number of nitrogens with two attached hydrogens (primary N) is 1. The second-order valence-corrected chi connectivity index (χ2v) is 2.74. The maximum atomic E-state index is 5.52. The van der Waals surface area contributed by atoms with Gasteiger partial charge in [0.05, 0.1) is 0 Å². The van der Waals surface area contributed by atoms with Gasteiger partial charge < -0.3 is 10.7 Å². The molecule has 1 aromatic heterocycles. The number of nitrogens with one attached hydrogen (secondary N) is 1. The fraction of sp³-hybridized carbons (Fsp3) is 0.0909. The standard InChI is InChI=1S/C7H9N.C4H5N/c1-6-4-2-3-5-7(6)8;1-2-4-5-3-1/h2-5H,8H2,1H3;1-5H. The fourth-order valence-corrected chi connectivity index (χ4v) is 0.865. The van der Waals surface area contributed by atoms with Crippen LogP contribution in [0.4, 0.5) is 5.69 Å². The third-order valence-electron chi connectivity index (χ3n) is 1.68. The van der Waals surface area contributed by atoms with Crippen LogP contribution >= 0.6 is 0 Å². The van der Waals surface area contributed by atoms with Crippen LogP contribution in [0.2, 0.25) is 0 Å². The average molecular weight is 174 g/mol. The number of aromatic nitrogens is 1. The first kappa shape index (κ1) is 9.39. The van der Waals surface area contributed by atoms with Gasteiger partial charge in [0, 0.05) is 18.1 Å². The smallest absolute Gasteiger partial charge is 0.0343 e. The molecule has 0 atom stereocenters. The second-order valence-electron chi connectivity index (χ2n) is 2.74. The van der Waals surface area contributed by atoms with Crippen LogP contribution < -0.4 is 5.73 Å². The Hall–Kier alpha value is -1.70. The Morgan fingerprint density at radius 2 is 1.62 bits per heavy atom. The predicted molar refractivity (Wildman–Crippen MR) is 56.4 cm³/mol. The van der Waals surface area contributed by atoms with Gasteiger partial charge in [0.15, 0.2) is 0 Å². The number of aromatic amines is 1. The molecule has 68 valence electrons. The van der Waals surface area contributed by atoms with Gasteiger partial charge in [-0.2, -0.15) is 0 Å². The normalized spacial score (nSPS) is 8.69. The minimum atomic E-state index is 0.868. The molecule has 0 amide bonds. The van der Waals surface area contributed by atoms with E-state index in [1.54, 1.807) is 0 Å². The van der Waals surface area contributed by atoms with Gasteiger partial charge in [-0.15, -0.1) is 0 Å². The lowest BCUT2D eigenvalue weighted by molar-refractivity contribution is 1.42. The molecule has 0 saturated carbocycles. The van der Waals surface area contributed by atoms with Gasteiger partial charge in [-0.3, -0.25) is 0 Å². The summed E-state index contributed by atoms with van der Waals surface area (Å²) in [5.74, 6) is 0. The van der Waals surface area contributed by atoms with E-state index in [0.717, 1.165) is 11.3 Å². The lowest BCUT2D eigenvalue weighted by Crippen LogP contribution is -1.85. The van der Waals surface area contributed by atoms with Crippen LogP contribution in [0, 0.1) is 6.92 Å². The highest BCUT2D eigenvalue weighted by Crippen LogP contribution is 2.06. The highest BCUT2D eigenvalue weighted by molar-refractivity contribution is 5.44. The number of hydrogen-bond acceptors (Lipinski definition) is 1. The van der Waals surface area contributed by atoms with Crippen molar-refractivity contribution in [3.05, 3.63) is 54.4 Å². The monoisotopic (exact) mass is 174 g/mol. The Balaban J connectivity index is 0.000000145. The lowest BCUT2D eigenvalue weighted by atomic mass is 10.2. The third kappa shape index (κ3) is 3.47. The van der Waals surface area contributed by atoms with E-state index in [2.05, 4.69) is 4.98 Å². The Morgan fingerprint density at radius 1 is 1.00 bits per heavy atom. The van der Waals surface area contributed by atoms with Crippen molar-refractivity contribution in [1.82, 2.24) is 4.98 Å². The van der Waals surface area contributed by atoms with Crippen LogP contribution in [0.1, 0.15) is 5.56 Å². The zero-order valence-electron chi connectivity index (χ0n) is 7.70. The zero-order valence-corrected chi connectivity index (χ0v) is 7.70. The van der Waals surface area contributed by atoms with Crippen molar-refractivity contribution in [3.8, 4) is 0 Å². The molecule has 0 fully saturated rings. The molecule has 0 radical (unpaired) electrons. The van der Waals surface area contributed by atoms with Gasteiger partial charge in [-0.25, -0.2) is 0 Å². The summed E-state index contributed by atoms with van der Waals surface area (Å²) in [4.78, 5) is 2.86. The number of rotatable bonds is 0. The minimum absolute atomic E-state index is 0.868. The van der Waals surface area contributed by atoms with Crippen LogP contribution in [0.25, 0.3) is 0 Å². The molecule has 0 unspecified atom stereocenters. The summed E-state index contributed by atoms with van der Waals surface area (Å²) in [6.45, 7) is 2.00. The van der Waals surface area contributed by atoms with Crippen molar-refractivity contribution in [3.63, 3.8) is 0 Å². The molecule has 0 spiro atoms. The molecule has 0 aliphatic rings. The van der Waals surface area contributed by atoms with Gasteiger partial charge in [0.2, 0.25) is 0 Å². The van der Waals surface area contributed by atoms with Crippen LogP contribution in [0.3, 0.4) is 0 Å². The second kappa shape index (κ2) is 5.04. The molecule has 2 nitrogen and oxygen atoms in total. The molecule has 2 heteroatoms. The van der Waals surface area contributed by atoms with Crippen molar-refractivity contribution in [1.29, 1.82) is 0 Å². The van der Waals surface area contributed by atoms with Crippen LogP contribution in [0.15, 0.2) is 48.8 Å². The topological polar surface area (TPSA) is 41.8 Å². The first-order valence-electron chi connectivity index (χ1n) is 4.19. The van der Waals surface area contributed by atoms with Gasteiger partial charge in [0.1, 0.15) is 0 Å². The third-order valence-corrected chi connectivity index (χ3v) is 1.68. The maximum Gasteiger partial charge on any atom is 0.0343 e. The quantitative estimate of drug-likeness (QED) is 0.592. The molecule has 3 N–H and O–H groups in total. The van der Waals surface area contributed by atoms with Crippen molar-refractivity contribution in [2.24, 2.45) is 0 Å². The Bertz CT molecular complexity index is 287. The lowest BCUT2D eigenvalue weighted by Gasteiger charge is -1.93. The molecule has 1 heterocycles. The highest BCUT2D eigenvalue weighted by Gasteiger charge is 1.84. The minimum Gasteiger partial charge on any atom is -0.399 e. The van der Waals surface area contributed by atoms with Crippen molar-refractivity contribution in [2.45, 2.75) is 6.92 Å². The Morgan fingerprint density at radius 3 is 1.92 bits per heavy atom. The first-order chi connectivity index (χ1) is 6.30. The number of hydrogen-bond donors (Lipinski definition) is 2. The van der Waals surface area contributed by atoms with E-state index in [1.807, 2.05) is 55.7 Å². The Labute approximate surface area is 78.4 Å². The summed E-state index contributed by atoms with van der Waals surface area (Å²) in [6.07, 6.45) is 3.75. The van der Waals surface area contributed by atoms with Crippen LogP contribution in [-0.2, 0) is 0 Å². The van der Waals surface area contributed by atoms with Gasteiger partial charge in [0.25, 0.3) is 0 Å². The summed E-state index contributed by atoms with van der Waals surface area (Å²) >= 11 is 0. The molecule has 13 heavy (non-hydrogen) atoms. The first-order valence-corrected chi connectivity index (χ1v) is 4.19. The summed E-state index contributed by atoms with van der Waals surface area (Å²) in [5, 5.41) is 0. The van der Waals surface area contributed by atoms with Crippen molar-refractivity contribution in [2.75, 3.05) is 5.73 Å². The van der Waals surface area contributed by atoms with E-state index in [1.165, 1.54) is 0 Å². The molecule has 0 bridgehead atoms. The van der Waals surface area contributed by atoms with Gasteiger partial charge >= 0.3 is 0 Å². The van der Waals surface area contributed by atoms with E-state index in [-0.39, 0.29) is 0 Å². The van der Waals surface area contributed by atoms with Crippen molar-refractivity contribution >= 4 is 5.69 Å². The van der Waals surface area contributed by atoms with Gasteiger partial charge in [-0.05, 0) is 30.7 Å². The molecule has 1 aromatic carbocycles. The molecule has 0 aliphatic carbocycles. The van der Waals surface area contributed by atoms with E-state index < -0.39 is 0 Å². The molecule has 2 rings (SSSR count). The van der Waals surface area contributed by atoms with E-state index in [9.17, 15) is 0 Å². The highest BCUT2D eigenvalue weighted by atomic mass is 14.6. The number of anilines is 1. The van der Waals surface area contributed by atoms with E-state index in [0.29, 0.717) is 0 Å². The average Bonchev–Trinajstić information content (AvgIpc) is 2.68. The Kier molecular flexibility index (Phi) is 3.64. The predicted octanol–water partition coefficient (Wildman–Crippen LogP) is 2.59. The largest absolute Gasteiger partial charge is 0.399 e. The van der Waals surface area contributed by atoms with Crippen LogP contribution in [-0.4, -0.2) is 4.98 Å². The summed E-state index contributed by atoms with van der Waals surface area (Å²) in [5.41, 5.74) is 7.53. The maximum absolute atomic E-state index is 5.52. The summed E-state index contributed by atoms with van der Waals surface area (Å²) in [7, 11) is 0. The van der Waals surface area contributed by atoms with E-state index in [4.69, 9.17) is 5.73 Å². The molecule has 0 saturated heterocycles. The zero-order chi connectivity index (χ0) is 9.52. The summed E-state index contributed by atoms with van der Waals surface area (Å²) in [6, 6.07) is 11.7. The van der Waals surface area contributed by atoms with Crippen LogP contribution in [0.5, 0.6) is 0 Å². The van der Waals surface area contributed by atoms with Gasteiger partial charge in [-0.1, -0.05) is 18.2 Å². The number of aryl methyl sites for hydroxylation is 1. The molecule has 0 aliphatic heterocycles. The molecule has 2 aromatic rings. The number of para-hydroxylation sites is 1. The van der Waals surface area contributed by atoms with E-state index >= 15 is 0 Å². The van der Waals surface area contributed by atoms with Crippen molar-refractivity contribution < 1.29 is 0 Å². The number of nitrogen functional groups attached to an aromatic ring is 1. The number of benzene rings is 1. The fourth-order valence-electron chi connectivity index (χ4n) is 0.865. The summed E-state index contributed by atoms with van der Waals surface area (Å²) < 4.78 is 0. The molecular formula is C11H14N2. The molecular weight excluding hydrogens is 160 g/mol.